The van der Waals surface area contributed by atoms with E-state index in [1.54, 1.807) is 0 Å². The van der Waals surface area contributed by atoms with E-state index in [2.05, 4.69) is 11.9 Å². The summed E-state index contributed by atoms with van der Waals surface area (Å²) in [5, 5.41) is 0. The number of aliphatic imine (C=N–C) groups is 1. The van der Waals surface area contributed by atoms with Gasteiger partial charge in [-0.2, -0.15) is 0 Å². The van der Waals surface area contributed by atoms with Gasteiger partial charge in [-0.05, 0) is 25.7 Å². The lowest BCUT2D eigenvalue weighted by Gasteiger charge is -2.09. The first-order chi connectivity index (χ1) is 6.24. The number of carbonyl (C=O) groups excluding carboxylic acids is 1. The van der Waals surface area contributed by atoms with Crippen LogP contribution >= 0.6 is 0 Å². The number of nitrogens with zero attached hydrogens (tertiary/aromatic N) is 1. The van der Waals surface area contributed by atoms with Crippen LogP contribution in [-0.2, 0) is 4.79 Å². The minimum Gasteiger partial charge on any atom is -0.299 e. The highest BCUT2D eigenvalue weighted by Crippen LogP contribution is 2.14. The Kier molecular flexibility index (Phi) is 4.13. The van der Waals surface area contributed by atoms with Crippen LogP contribution in [-0.4, -0.2) is 18.0 Å². The summed E-state index contributed by atoms with van der Waals surface area (Å²) in [5.74, 6) is 0.611. The summed E-state index contributed by atoms with van der Waals surface area (Å²) >= 11 is 0. The zero-order valence-corrected chi connectivity index (χ0v) is 8.68. The van der Waals surface area contributed by atoms with Crippen molar-refractivity contribution < 1.29 is 4.79 Å². The van der Waals surface area contributed by atoms with Gasteiger partial charge in [-0.3, -0.25) is 9.79 Å². The van der Waals surface area contributed by atoms with Crippen molar-refractivity contribution >= 4 is 11.5 Å². The normalized spacial score (nSPS) is 25.8. The van der Waals surface area contributed by atoms with Crippen molar-refractivity contribution in [3.05, 3.63) is 0 Å². The summed E-state index contributed by atoms with van der Waals surface area (Å²) < 4.78 is 0. The monoisotopic (exact) mass is 181 g/mol. The van der Waals surface area contributed by atoms with Gasteiger partial charge in [-0.25, -0.2) is 0 Å². The topological polar surface area (TPSA) is 29.4 Å². The van der Waals surface area contributed by atoms with Crippen molar-refractivity contribution in [1.82, 2.24) is 0 Å². The van der Waals surface area contributed by atoms with Gasteiger partial charge < -0.3 is 0 Å². The molecule has 0 amide bonds. The fraction of sp³-hybridized carbons (Fsp3) is 0.818. The molecule has 2 nitrogen and oxygen atoms in total. The lowest BCUT2D eigenvalue weighted by molar-refractivity contribution is -0.122. The summed E-state index contributed by atoms with van der Waals surface area (Å²) in [5.41, 5.74) is 1.22. The van der Waals surface area contributed by atoms with Crippen molar-refractivity contribution in [3.8, 4) is 0 Å². The largest absolute Gasteiger partial charge is 0.299 e. The summed E-state index contributed by atoms with van der Waals surface area (Å²) in [6.07, 6.45) is 4.73. The molecule has 1 heterocycles. The third kappa shape index (κ3) is 3.29. The van der Waals surface area contributed by atoms with Crippen LogP contribution in [0.3, 0.4) is 0 Å². The summed E-state index contributed by atoms with van der Waals surface area (Å²) in [7, 11) is 0. The molecule has 0 saturated heterocycles. The number of carbonyl (C=O) groups is 1. The summed E-state index contributed by atoms with van der Waals surface area (Å²) in [6.45, 7) is 5.07. The molecule has 1 atom stereocenters. The predicted octanol–water partition coefficient (Wildman–Crippen LogP) is 2.62. The van der Waals surface area contributed by atoms with Crippen LogP contribution < -0.4 is 0 Å². The van der Waals surface area contributed by atoms with Crippen LogP contribution in [0.25, 0.3) is 0 Å². The molecule has 13 heavy (non-hydrogen) atoms. The van der Waals surface area contributed by atoms with E-state index in [0.717, 1.165) is 38.6 Å². The third-order valence-electron chi connectivity index (χ3n) is 2.67. The van der Waals surface area contributed by atoms with E-state index in [4.69, 9.17) is 0 Å². The number of hydrogen-bond acceptors (Lipinski definition) is 2. The zero-order chi connectivity index (χ0) is 9.68. The molecule has 0 fully saturated rings. The van der Waals surface area contributed by atoms with Gasteiger partial charge in [0.1, 0.15) is 5.78 Å². The molecule has 2 heteroatoms. The van der Waals surface area contributed by atoms with Gasteiger partial charge in [-0.15, -0.1) is 0 Å². The van der Waals surface area contributed by atoms with E-state index in [0.29, 0.717) is 5.78 Å². The number of hydrogen-bond donors (Lipinski definition) is 0. The fourth-order valence-electron chi connectivity index (χ4n) is 1.68. The standard InChI is InChI=1S/C11H19NO/c1-3-10-8-9(2)11(13)6-4-5-7-12-10/h9H,3-8H2,1-2H3. The highest BCUT2D eigenvalue weighted by molar-refractivity contribution is 5.90. The molecule has 1 rings (SSSR count). The van der Waals surface area contributed by atoms with Crippen LogP contribution in [0, 0.1) is 5.92 Å². The Labute approximate surface area is 80.4 Å². The van der Waals surface area contributed by atoms with Gasteiger partial charge in [0, 0.05) is 24.6 Å². The Morgan fingerprint density at radius 3 is 2.92 bits per heavy atom. The molecule has 1 aliphatic heterocycles. The second-order valence-corrected chi connectivity index (χ2v) is 3.83. The molecular weight excluding hydrogens is 162 g/mol. The number of Topliss-reactive ketones (excluding diaryl/α,β-unsaturated/α-hetero) is 1. The molecule has 0 N–H and O–H groups in total. The average Bonchev–Trinajstić information content (AvgIpc) is 2.20. The van der Waals surface area contributed by atoms with Crippen molar-refractivity contribution in [2.45, 2.75) is 46.0 Å². The lowest BCUT2D eigenvalue weighted by atomic mass is 9.96. The molecule has 0 aromatic heterocycles. The molecule has 74 valence electrons. The number of ketones is 1. The smallest absolute Gasteiger partial charge is 0.136 e. The van der Waals surface area contributed by atoms with Crippen molar-refractivity contribution in [1.29, 1.82) is 0 Å². The summed E-state index contributed by atoms with van der Waals surface area (Å²) in [6, 6.07) is 0. The van der Waals surface area contributed by atoms with E-state index >= 15 is 0 Å². The zero-order valence-electron chi connectivity index (χ0n) is 8.68. The Hall–Kier alpha value is -0.660. The Morgan fingerprint density at radius 1 is 1.46 bits per heavy atom. The quantitative estimate of drug-likeness (QED) is 0.611. The first-order valence-corrected chi connectivity index (χ1v) is 5.29. The highest BCUT2D eigenvalue weighted by atomic mass is 16.1. The van der Waals surface area contributed by atoms with E-state index in [1.165, 1.54) is 5.71 Å². The molecule has 0 aromatic rings. The summed E-state index contributed by atoms with van der Waals surface area (Å²) in [4.78, 5) is 16.0. The van der Waals surface area contributed by atoms with Crippen LogP contribution in [0.4, 0.5) is 0 Å². The first kappa shape index (κ1) is 10.4. The molecule has 1 aliphatic rings. The van der Waals surface area contributed by atoms with Crippen molar-refractivity contribution in [2.75, 3.05) is 6.54 Å². The van der Waals surface area contributed by atoms with E-state index in [1.807, 2.05) is 6.92 Å². The second-order valence-electron chi connectivity index (χ2n) is 3.83. The van der Waals surface area contributed by atoms with E-state index in [9.17, 15) is 4.79 Å². The molecule has 0 bridgehead atoms. The van der Waals surface area contributed by atoms with Crippen LogP contribution in [0.1, 0.15) is 46.0 Å². The average molecular weight is 181 g/mol. The molecule has 0 radical (unpaired) electrons. The fourth-order valence-corrected chi connectivity index (χ4v) is 1.68. The maximum Gasteiger partial charge on any atom is 0.136 e. The van der Waals surface area contributed by atoms with Crippen LogP contribution in [0.5, 0.6) is 0 Å². The molecule has 0 saturated carbocycles. The maximum atomic E-state index is 11.5. The minimum absolute atomic E-state index is 0.191. The Bertz CT molecular complexity index is 208. The van der Waals surface area contributed by atoms with E-state index in [-0.39, 0.29) is 5.92 Å². The van der Waals surface area contributed by atoms with Gasteiger partial charge in [-0.1, -0.05) is 13.8 Å². The SMILES string of the molecule is CCC1=NCCCCC(=O)C(C)C1. The van der Waals surface area contributed by atoms with Crippen LogP contribution in [0.15, 0.2) is 4.99 Å². The predicted molar refractivity (Wildman–Crippen MR) is 55.2 cm³/mol. The van der Waals surface area contributed by atoms with Gasteiger partial charge in [0.2, 0.25) is 0 Å². The van der Waals surface area contributed by atoms with Crippen molar-refractivity contribution in [2.24, 2.45) is 10.9 Å². The van der Waals surface area contributed by atoms with Gasteiger partial charge in [0.25, 0.3) is 0 Å². The Morgan fingerprint density at radius 2 is 2.23 bits per heavy atom. The number of rotatable bonds is 1. The molecule has 0 aliphatic carbocycles. The first-order valence-electron chi connectivity index (χ1n) is 5.29. The third-order valence-corrected chi connectivity index (χ3v) is 2.67. The molecule has 1 unspecified atom stereocenters. The second kappa shape index (κ2) is 5.15. The Balaban J connectivity index is 2.61. The maximum absolute atomic E-state index is 11.5. The van der Waals surface area contributed by atoms with Crippen LogP contribution in [0.2, 0.25) is 0 Å². The van der Waals surface area contributed by atoms with Crippen molar-refractivity contribution in [3.63, 3.8) is 0 Å². The highest BCUT2D eigenvalue weighted by Gasteiger charge is 2.15. The molecular formula is C11H19NO. The van der Waals surface area contributed by atoms with E-state index < -0.39 is 0 Å². The minimum atomic E-state index is 0.191. The lowest BCUT2D eigenvalue weighted by Crippen LogP contribution is -2.14. The van der Waals surface area contributed by atoms with Gasteiger partial charge in [0.05, 0.1) is 0 Å². The molecule has 0 aromatic carbocycles. The van der Waals surface area contributed by atoms with Gasteiger partial charge >= 0.3 is 0 Å². The molecule has 0 spiro atoms. The van der Waals surface area contributed by atoms with Gasteiger partial charge in [0.15, 0.2) is 0 Å².